The first-order valence-corrected chi connectivity index (χ1v) is 8.01. The normalized spacial score (nSPS) is 18.2. The van der Waals surface area contributed by atoms with E-state index in [9.17, 15) is 4.79 Å². The Morgan fingerprint density at radius 3 is 2.96 bits per heavy atom. The molecule has 3 heterocycles. The standard InChI is InChI=1S/C16H22N6O/c1-3-14-18-10(2)7-15(19-14)22-6-4-5-11(9-22)12-8-13(16(17)23)21-20-12/h7-8,11H,3-6,9H2,1-2H3,(H2,17,23)(H,20,21). The molecule has 0 radical (unpaired) electrons. The quantitative estimate of drug-likeness (QED) is 0.891. The summed E-state index contributed by atoms with van der Waals surface area (Å²) < 4.78 is 0. The van der Waals surface area contributed by atoms with E-state index in [0.29, 0.717) is 11.6 Å². The molecule has 3 N–H and O–H groups in total. The second kappa shape index (κ2) is 6.36. The van der Waals surface area contributed by atoms with Crippen molar-refractivity contribution >= 4 is 11.7 Å². The number of H-pyrrole nitrogens is 1. The summed E-state index contributed by atoms with van der Waals surface area (Å²) in [5, 5.41) is 6.94. The highest BCUT2D eigenvalue weighted by Gasteiger charge is 2.24. The monoisotopic (exact) mass is 314 g/mol. The Kier molecular flexibility index (Phi) is 4.27. The van der Waals surface area contributed by atoms with Crippen molar-refractivity contribution in [2.45, 2.75) is 39.0 Å². The summed E-state index contributed by atoms with van der Waals surface area (Å²) in [6, 6.07) is 3.79. The Morgan fingerprint density at radius 1 is 1.43 bits per heavy atom. The Bertz CT molecular complexity index is 710. The summed E-state index contributed by atoms with van der Waals surface area (Å²) in [6.45, 7) is 5.89. The summed E-state index contributed by atoms with van der Waals surface area (Å²) in [7, 11) is 0. The van der Waals surface area contributed by atoms with E-state index in [1.54, 1.807) is 6.07 Å². The number of rotatable bonds is 4. The number of nitrogens with two attached hydrogens (primary N) is 1. The van der Waals surface area contributed by atoms with E-state index < -0.39 is 5.91 Å². The van der Waals surface area contributed by atoms with Crippen molar-refractivity contribution in [1.29, 1.82) is 0 Å². The molecule has 0 saturated carbocycles. The molecule has 3 rings (SSSR count). The van der Waals surface area contributed by atoms with Crippen LogP contribution in [0.1, 0.15) is 53.4 Å². The lowest BCUT2D eigenvalue weighted by Gasteiger charge is -2.33. The van der Waals surface area contributed by atoms with Gasteiger partial charge in [-0.05, 0) is 25.8 Å². The third-order valence-electron chi connectivity index (χ3n) is 4.24. The minimum atomic E-state index is -0.501. The van der Waals surface area contributed by atoms with Crippen molar-refractivity contribution in [3.8, 4) is 0 Å². The Morgan fingerprint density at radius 2 is 2.26 bits per heavy atom. The zero-order valence-corrected chi connectivity index (χ0v) is 13.5. The van der Waals surface area contributed by atoms with Crippen molar-refractivity contribution in [2.75, 3.05) is 18.0 Å². The van der Waals surface area contributed by atoms with Crippen LogP contribution in [0.25, 0.3) is 0 Å². The Balaban J connectivity index is 1.80. The second-order valence-corrected chi connectivity index (χ2v) is 6.00. The van der Waals surface area contributed by atoms with Crippen LogP contribution in [0.2, 0.25) is 0 Å². The van der Waals surface area contributed by atoms with E-state index in [-0.39, 0.29) is 0 Å². The van der Waals surface area contributed by atoms with Gasteiger partial charge in [0, 0.05) is 42.9 Å². The third-order valence-corrected chi connectivity index (χ3v) is 4.24. The van der Waals surface area contributed by atoms with Gasteiger partial charge in [-0.25, -0.2) is 9.97 Å². The second-order valence-electron chi connectivity index (χ2n) is 6.00. The van der Waals surface area contributed by atoms with Crippen LogP contribution in [0.5, 0.6) is 0 Å². The van der Waals surface area contributed by atoms with E-state index >= 15 is 0 Å². The first-order chi connectivity index (χ1) is 11.1. The Labute approximate surface area is 135 Å². The number of hydrogen-bond donors (Lipinski definition) is 2. The number of carbonyl (C=O) groups is 1. The molecule has 7 heteroatoms. The number of nitrogens with zero attached hydrogens (tertiary/aromatic N) is 4. The zero-order chi connectivity index (χ0) is 16.4. The summed E-state index contributed by atoms with van der Waals surface area (Å²) >= 11 is 0. The molecule has 1 saturated heterocycles. The molecule has 122 valence electrons. The molecule has 7 nitrogen and oxygen atoms in total. The number of nitrogens with one attached hydrogen (secondary N) is 1. The molecule has 1 atom stereocenters. The highest BCUT2D eigenvalue weighted by Crippen LogP contribution is 2.28. The van der Waals surface area contributed by atoms with Crippen molar-refractivity contribution in [1.82, 2.24) is 20.2 Å². The summed E-state index contributed by atoms with van der Waals surface area (Å²) in [6.07, 6.45) is 2.95. The van der Waals surface area contributed by atoms with Crippen LogP contribution in [-0.4, -0.2) is 39.2 Å². The minimum Gasteiger partial charge on any atom is -0.364 e. The largest absolute Gasteiger partial charge is 0.364 e. The number of primary amides is 1. The number of aromatic amines is 1. The number of carbonyl (C=O) groups excluding carboxylic acids is 1. The summed E-state index contributed by atoms with van der Waals surface area (Å²) in [5.41, 5.74) is 7.52. The SMILES string of the molecule is CCc1nc(C)cc(N2CCCC(c3cc(C(N)=O)n[nH]3)C2)n1. The van der Waals surface area contributed by atoms with Crippen molar-refractivity contribution in [2.24, 2.45) is 5.73 Å². The van der Waals surface area contributed by atoms with Gasteiger partial charge in [0.05, 0.1) is 0 Å². The highest BCUT2D eigenvalue weighted by molar-refractivity contribution is 5.90. The maximum atomic E-state index is 11.2. The average Bonchev–Trinajstić information content (AvgIpc) is 3.04. The van der Waals surface area contributed by atoms with Gasteiger partial charge in [-0.15, -0.1) is 0 Å². The molecule has 1 unspecified atom stereocenters. The van der Waals surface area contributed by atoms with E-state index in [2.05, 4.69) is 32.0 Å². The fraction of sp³-hybridized carbons (Fsp3) is 0.500. The van der Waals surface area contributed by atoms with Gasteiger partial charge in [0.1, 0.15) is 17.3 Å². The molecule has 0 aromatic carbocycles. The average molecular weight is 314 g/mol. The first kappa shape index (κ1) is 15.5. The van der Waals surface area contributed by atoms with Crippen LogP contribution in [0.3, 0.4) is 0 Å². The van der Waals surface area contributed by atoms with E-state index in [1.807, 2.05) is 13.0 Å². The number of anilines is 1. The summed E-state index contributed by atoms with van der Waals surface area (Å²) in [5.74, 6) is 1.65. The van der Waals surface area contributed by atoms with Crippen LogP contribution < -0.4 is 10.6 Å². The van der Waals surface area contributed by atoms with Gasteiger partial charge in [-0.3, -0.25) is 9.89 Å². The van der Waals surface area contributed by atoms with Crippen molar-refractivity contribution in [3.63, 3.8) is 0 Å². The minimum absolute atomic E-state index is 0.295. The molecule has 2 aromatic heterocycles. The van der Waals surface area contributed by atoms with Crippen LogP contribution in [-0.2, 0) is 6.42 Å². The van der Waals surface area contributed by atoms with Gasteiger partial charge in [-0.1, -0.05) is 6.92 Å². The van der Waals surface area contributed by atoms with Crippen molar-refractivity contribution < 1.29 is 4.79 Å². The number of hydrogen-bond acceptors (Lipinski definition) is 5. The lowest BCUT2D eigenvalue weighted by Crippen LogP contribution is -2.35. The zero-order valence-electron chi connectivity index (χ0n) is 13.5. The van der Waals surface area contributed by atoms with Crippen LogP contribution >= 0.6 is 0 Å². The molecular formula is C16H22N6O. The van der Waals surface area contributed by atoms with Gasteiger partial charge in [0.2, 0.25) is 0 Å². The summed E-state index contributed by atoms with van der Waals surface area (Å²) in [4.78, 5) is 22.6. The fourth-order valence-corrected chi connectivity index (χ4v) is 3.04. The molecule has 0 aliphatic carbocycles. The fourth-order valence-electron chi connectivity index (χ4n) is 3.04. The highest BCUT2D eigenvalue weighted by atomic mass is 16.1. The predicted molar refractivity (Wildman–Crippen MR) is 87.4 cm³/mol. The maximum absolute atomic E-state index is 11.2. The lowest BCUT2D eigenvalue weighted by molar-refractivity contribution is 0.0995. The van der Waals surface area contributed by atoms with Gasteiger partial charge in [-0.2, -0.15) is 5.10 Å². The van der Waals surface area contributed by atoms with Gasteiger partial charge in [0.25, 0.3) is 5.91 Å². The molecule has 23 heavy (non-hydrogen) atoms. The number of aromatic nitrogens is 4. The van der Waals surface area contributed by atoms with Crippen LogP contribution in [0, 0.1) is 6.92 Å². The van der Waals surface area contributed by atoms with Crippen LogP contribution in [0.4, 0.5) is 5.82 Å². The van der Waals surface area contributed by atoms with Crippen molar-refractivity contribution in [3.05, 3.63) is 35.0 Å². The van der Waals surface area contributed by atoms with E-state index in [1.165, 1.54) is 0 Å². The molecule has 1 aliphatic heterocycles. The number of aryl methyl sites for hydroxylation is 2. The molecule has 2 aromatic rings. The smallest absolute Gasteiger partial charge is 0.269 e. The maximum Gasteiger partial charge on any atom is 0.269 e. The Hall–Kier alpha value is -2.44. The first-order valence-electron chi connectivity index (χ1n) is 8.01. The topological polar surface area (TPSA) is 101 Å². The third kappa shape index (κ3) is 3.33. The van der Waals surface area contributed by atoms with Crippen LogP contribution in [0.15, 0.2) is 12.1 Å². The molecule has 0 spiro atoms. The van der Waals surface area contributed by atoms with E-state index in [4.69, 9.17) is 5.73 Å². The molecule has 1 amide bonds. The van der Waals surface area contributed by atoms with Gasteiger partial charge >= 0.3 is 0 Å². The lowest BCUT2D eigenvalue weighted by atomic mass is 9.94. The van der Waals surface area contributed by atoms with Gasteiger partial charge < -0.3 is 10.6 Å². The predicted octanol–water partition coefficient (Wildman–Crippen LogP) is 1.55. The number of piperidine rings is 1. The molecular weight excluding hydrogens is 292 g/mol. The van der Waals surface area contributed by atoms with Gasteiger partial charge in [0.15, 0.2) is 0 Å². The molecule has 0 bridgehead atoms. The number of amides is 1. The molecule has 1 fully saturated rings. The van der Waals surface area contributed by atoms with E-state index in [0.717, 1.165) is 55.4 Å². The molecule has 1 aliphatic rings.